The molecule has 3 heterocycles. The molecule has 0 atom stereocenters. The number of piperidine rings is 1. The van der Waals surface area contributed by atoms with Crippen molar-refractivity contribution >= 4 is 11.7 Å². The Kier molecular flexibility index (Phi) is 6.28. The topological polar surface area (TPSA) is 156 Å². The number of amides is 1. The van der Waals surface area contributed by atoms with Gasteiger partial charge in [0.25, 0.3) is 5.91 Å². The fraction of sp³-hybridized carbons (Fsp3) is 0.440. The van der Waals surface area contributed by atoms with E-state index >= 15 is 0 Å². The zero-order chi connectivity index (χ0) is 25.3. The van der Waals surface area contributed by atoms with Crippen LogP contribution in [0.1, 0.15) is 53.7 Å². The molecule has 3 aromatic rings. The minimum Gasteiger partial charge on any atom is -0.506 e. The van der Waals surface area contributed by atoms with E-state index in [0.29, 0.717) is 43.9 Å². The van der Waals surface area contributed by atoms with Crippen LogP contribution in [0.15, 0.2) is 36.8 Å². The molecule has 1 aromatic carbocycles. The molecule has 11 nitrogen and oxygen atoms in total. The first kappa shape index (κ1) is 23.7. The molecule has 2 aliphatic rings. The largest absolute Gasteiger partial charge is 0.506 e. The predicted molar refractivity (Wildman–Crippen MR) is 128 cm³/mol. The quantitative estimate of drug-likeness (QED) is 0.461. The molecule has 0 spiro atoms. The number of hydrogen-bond acceptors (Lipinski definition) is 8. The van der Waals surface area contributed by atoms with Gasteiger partial charge in [0, 0.05) is 31.7 Å². The number of rotatable bonds is 9. The lowest BCUT2D eigenvalue weighted by atomic mass is 9.84. The summed E-state index contributed by atoms with van der Waals surface area (Å²) in [5.41, 5.74) is 7.14. The number of phenols is 1. The molecule has 1 saturated heterocycles. The van der Waals surface area contributed by atoms with Gasteiger partial charge in [-0.1, -0.05) is 6.07 Å². The summed E-state index contributed by atoms with van der Waals surface area (Å²) in [4.78, 5) is 28.1. The smallest absolute Gasteiger partial charge is 0.252 e. The predicted octanol–water partition coefficient (Wildman–Crippen LogP) is 1.69. The molecular formula is C25H28N8O3. The average molecular weight is 489 g/mol. The molecule has 1 amide bonds. The van der Waals surface area contributed by atoms with E-state index in [1.54, 1.807) is 35.4 Å². The highest BCUT2D eigenvalue weighted by Crippen LogP contribution is 2.36. The van der Waals surface area contributed by atoms with Gasteiger partial charge in [-0.3, -0.25) is 19.2 Å². The van der Waals surface area contributed by atoms with E-state index in [9.17, 15) is 20.0 Å². The summed E-state index contributed by atoms with van der Waals surface area (Å²) >= 11 is 0. The fourth-order valence-electron chi connectivity index (χ4n) is 4.90. The number of likely N-dealkylation sites (tertiary alicyclic amines) is 1. The maximum atomic E-state index is 12.4. The second kappa shape index (κ2) is 9.54. The van der Waals surface area contributed by atoms with Crippen molar-refractivity contribution in [3.8, 4) is 17.5 Å². The van der Waals surface area contributed by atoms with Crippen molar-refractivity contribution in [3.63, 3.8) is 0 Å². The number of aromatic nitrogens is 5. The Morgan fingerprint density at radius 3 is 2.53 bits per heavy atom. The van der Waals surface area contributed by atoms with Gasteiger partial charge < -0.3 is 10.8 Å². The van der Waals surface area contributed by atoms with Crippen LogP contribution in [0.3, 0.4) is 0 Å². The van der Waals surface area contributed by atoms with Crippen molar-refractivity contribution in [2.75, 3.05) is 13.1 Å². The van der Waals surface area contributed by atoms with Crippen molar-refractivity contribution in [2.45, 2.75) is 50.6 Å². The summed E-state index contributed by atoms with van der Waals surface area (Å²) in [6.07, 6.45) is 8.13. The first-order valence-corrected chi connectivity index (χ1v) is 12.1. The standard InChI is InChI=1S/C25H28N8O3/c26-8-5-25(32-16-19(24(27)36)20(30-32)14-22(34)18-2-3-18)6-11-31(12-7-25)15-17-1-4-21(23(35)13-17)33-28-9-10-29-33/h1,4,9-10,13,16,18,35H,2-3,5-7,11-12,14-15H2,(H2,27,36). The van der Waals surface area contributed by atoms with Crippen molar-refractivity contribution in [1.82, 2.24) is 29.7 Å². The number of hydrogen-bond donors (Lipinski definition) is 2. The molecule has 0 bridgehead atoms. The molecule has 0 radical (unpaired) electrons. The summed E-state index contributed by atoms with van der Waals surface area (Å²) in [5.74, 6) is -0.359. The minimum atomic E-state index is -0.613. The maximum Gasteiger partial charge on any atom is 0.252 e. The van der Waals surface area contributed by atoms with Crippen LogP contribution in [0.5, 0.6) is 5.75 Å². The van der Waals surface area contributed by atoms with Gasteiger partial charge in [0.2, 0.25) is 0 Å². The lowest BCUT2D eigenvalue weighted by Crippen LogP contribution is -2.46. The number of aromatic hydroxyl groups is 1. The lowest BCUT2D eigenvalue weighted by molar-refractivity contribution is -0.119. The summed E-state index contributed by atoms with van der Waals surface area (Å²) in [5, 5.41) is 32.8. The second-order valence-corrected chi connectivity index (χ2v) is 9.69. The molecule has 11 heteroatoms. The molecule has 186 valence electrons. The van der Waals surface area contributed by atoms with E-state index in [1.807, 2.05) is 6.07 Å². The Morgan fingerprint density at radius 1 is 1.19 bits per heavy atom. The van der Waals surface area contributed by atoms with Gasteiger partial charge >= 0.3 is 0 Å². The van der Waals surface area contributed by atoms with Gasteiger partial charge in [-0.05, 0) is 43.4 Å². The summed E-state index contributed by atoms with van der Waals surface area (Å²) in [6, 6.07) is 7.72. The van der Waals surface area contributed by atoms with Gasteiger partial charge in [0.15, 0.2) is 0 Å². The van der Waals surface area contributed by atoms with Crippen LogP contribution in [0.4, 0.5) is 0 Å². The Bertz CT molecular complexity index is 1310. The van der Waals surface area contributed by atoms with Crippen LogP contribution < -0.4 is 5.73 Å². The molecule has 1 aliphatic heterocycles. The van der Waals surface area contributed by atoms with Crippen LogP contribution in [-0.4, -0.2) is 59.6 Å². The summed E-state index contributed by atoms with van der Waals surface area (Å²) in [6.45, 7) is 2.04. The summed E-state index contributed by atoms with van der Waals surface area (Å²) < 4.78 is 1.71. The van der Waals surface area contributed by atoms with Gasteiger partial charge in [0.1, 0.15) is 17.2 Å². The zero-order valence-electron chi connectivity index (χ0n) is 19.9. The second-order valence-electron chi connectivity index (χ2n) is 9.69. The van der Waals surface area contributed by atoms with Gasteiger partial charge in [0.05, 0.1) is 48.1 Å². The average Bonchev–Trinajstić information content (AvgIpc) is 3.39. The molecule has 36 heavy (non-hydrogen) atoms. The number of nitriles is 1. The first-order chi connectivity index (χ1) is 17.4. The number of carbonyl (C=O) groups is 2. The number of phenolic OH excluding ortho intramolecular Hbond substituents is 1. The number of primary amides is 1. The zero-order valence-corrected chi connectivity index (χ0v) is 19.9. The monoisotopic (exact) mass is 488 g/mol. The molecule has 5 rings (SSSR count). The van der Waals surface area contributed by atoms with E-state index in [2.05, 4.69) is 26.3 Å². The fourth-order valence-corrected chi connectivity index (χ4v) is 4.90. The number of nitrogens with two attached hydrogens (primary N) is 1. The Morgan fingerprint density at radius 2 is 1.92 bits per heavy atom. The van der Waals surface area contributed by atoms with E-state index in [0.717, 1.165) is 18.4 Å². The highest BCUT2D eigenvalue weighted by Gasteiger charge is 2.39. The third-order valence-corrected chi connectivity index (χ3v) is 7.19. The Hall–Kier alpha value is -4.04. The van der Waals surface area contributed by atoms with Crippen molar-refractivity contribution in [1.29, 1.82) is 5.26 Å². The molecule has 1 saturated carbocycles. The number of Topliss-reactive ketones (excluding diaryl/α,β-unsaturated/α-hetero) is 1. The number of benzene rings is 1. The number of carbonyl (C=O) groups excluding carboxylic acids is 2. The van der Waals surface area contributed by atoms with Crippen LogP contribution >= 0.6 is 0 Å². The number of ketones is 1. The van der Waals surface area contributed by atoms with E-state index in [-0.39, 0.29) is 35.9 Å². The highest BCUT2D eigenvalue weighted by atomic mass is 16.3. The minimum absolute atomic E-state index is 0.0662. The van der Waals surface area contributed by atoms with Crippen molar-refractivity contribution < 1.29 is 14.7 Å². The van der Waals surface area contributed by atoms with E-state index in [4.69, 9.17) is 5.73 Å². The van der Waals surface area contributed by atoms with Crippen LogP contribution in [-0.2, 0) is 23.3 Å². The number of nitrogens with zero attached hydrogens (tertiary/aromatic N) is 7. The molecule has 0 unspecified atom stereocenters. The summed E-state index contributed by atoms with van der Waals surface area (Å²) in [7, 11) is 0. The van der Waals surface area contributed by atoms with Crippen LogP contribution in [0.2, 0.25) is 0 Å². The Labute approximate surface area is 208 Å². The van der Waals surface area contributed by atoms with Gasteiger partial charge in [-0.2, -0.15) is 20.6 Å². The molecule has 3 N–H and O–H groups in total. The van der Waals surface area contributed by atoms with Crippen molar-refractivity contribution in [3.05, 3.63) is 53.6 Å². The SMILES string of the molecule is N#CCC1(n2cc(C(N)=O)c(CC(=O)C3CC3)n2)CCN(Cc2ccc(-n3nccn3)c(O)c2)CC1. The van der Waals surface area contributed by atoms with Crippen LogP contribution in [0, 0.1) is 17.2 Å². The first-order valence-electron chi connectivity index (χ1n) is 12.1. The molecule has 2 fully saturated rings. The van der Waals surface area contributed by atoms with E-state index in [1.165, 1.54) is 4.80 Å². The molecular weight excluding hydrogens is 460 g/mol. The molecule has 2 aromatic heterocycles. The van der Waals surface area contributed by atoms with Gasteiger partial charge in [-0.15, -0.1) is 4.80 Å². The Balaban J connectivity index is 1.30. The van der Waals surface area contributed by atoms with Crippen LogP contribution in [0.25, 0.3) is 5.69 Å². The highest BCUT2D eigenvalue weighted by molar-refractivity contribution is 5.95. The third kappa shape index (κ3) is 4.72. The van der Waals surface area contributed by atoms with E-state index < -0.39 is 11.4 Å². The molecule has 1 aliphatic carbocycles. The normalized spacial score (nSPS) is 17.5. The van der Waals surface area contributed by atoms with Crippen molar-refractivity contribution in [2.24, 2.45) is 11.7 Å². The maximum absolute atomic E-state index is 12.4. The third-order valence-electron chi connectivity index (χ3n) is 7.19. The van der Waals surface area contributed by atoms with Gasteiger partial charge in [-0.25, -0.2) is 0 Å². The lowest BCUT2D eigenvalue weighted by Gasteiger charge is -2.40.